The fourth-order valence-corrected chi connectivity index (χ4v) is 3.41. The number of hydrogen-bond donors (Lipinski definition) is 0. The molecule has 0 aromatic carbocycles. The Morgan fingerprint density at radius 2 is 1.75 bits per heavy atom. The van der Waals surface area contributed by atoms with Gasteiger partial charge in [-0.2, -0.15) is 13.2 Å². The molecule has 0 spiro atoms. The van der Waals surface area contributed by atoms with Crippen molar-refractivity contribution >= 4 is 18.9 Å². The zero-order valence-corrected chi connectivity index (χ0v) is 14.3. The largest absolute Gasteiger partial charge is 0.463 e. The number of halogens is 3. The molecule has 0 saturated carbocycles. The van der Waals surface area contributed by atoms with Crippen LogP contribution in [0.5, 0.6) is 0 Å². The van der Waals surface area contributed by atoms with Crippen LogP contribution in [0.4, 0.5) is 13.2 Å². The predicted octanol–water partition coefficient (Wildman–Crippen LogP) is 4.47. The highest BCUT2D eigenvalue weighted by Crippen LogP contribution is 2.60. The minimum atomic E-state index is -4.73. The van der Waals surface area contributed by atoms with Crippen molar-refractivity contribution < 1.29 is 40.7 Å². The van der Waals surface area contributed by atoms with Crippen molar-refractivity contribution in [1.29, 1.82) is 0 Å². The Bertz CT molecular complexity index is 625. The normalized spacial score (nSPS) is 13.2. The molecule has 1 heterocycles. The number of esters is 1. The molecule has 0 unspecified atom stereocenters. The van der Waals surface area contributed by atoms with Gasteiger partial charge in [0, 0.05) is 6.08 Å². The molecule has 0 amide bonds. The topological polar surface area (TPSA) is 75.0 Å². The molecule has 0 fully saturated rings. The van der Waals surface area contributed by atoms with Crippen molar-refractivity contribution in [2.45, 2.75) is 26.9 Å². The van der Waals surface area contributed by atoms with Crippen LogP contribution in [0.3, 0.4) is 0 Å². The van der Waals surface area contributed by atoms with Gasteiger partial charge in [0.1, 0.15) is 11.1 Å². The number of hydrogen-bond acceptors (Lipinski definition) is 6. The summed E-state index contributed by atoms with van der Waals surface area (Å²) in [6, 6.07) is 1.61. The molecule has 0 aliphatic rings. The Morgan fingerprint density at radius 3 is 2.17 bits per heavy atom. The SMILES string of the molecule is CCOC(=O)/C=C(\c1ccc(C(F)(F)F)o1)P(=O)(OCC)OCC. The lowest BCUT2D eigenvalue weighted by Crippen LogP contribution is -2.05. The third-order valence-corrected chi connectivity index (χ3v) is 4.71. The van der Waals surface area contributed by atoms with E-state index in [-0.39, 0.29) is 19.8 Å². The third kappa shape index (κ3) is 5.22. The van der Waals surface area contributed by atoms with E-state index in [0.717, 1.165) is 12.1 Å². The van der Waals surface area contributed by atoms with Gasteiger partial charge in [-0.05, 0) is 32.9 Å². The summed E-state index contributed by atoms with van der Waals surface area (Å²) in [4.78, 5) is 11.7. The molecular formula is C14H18F3O6P. The lowest BCUT2D eigenvalue weighted by molar-refractivity contribution is -0.153. The van der Waals surface area contributed by atoms with E-state index >= 15 is 0 Å². The molecule has 0 atom stereocenters. The van der Waals surface area contributed by atoms with Gasteiger partial charge < -0.3 is 18.2 Å². The quantitative estimate of drug-likeness (QED) is 0.382. The van der Waals surface area contributed by atoms with Gasteiger partial charge in [-0.1, -0.05) is 0 Å². The summed E-state index contributed by atoms with van der Waals surface area (Å²) in [5.41, 5.74) is 0. The number of alkyl halides is 3. The lowest BCUT2D eigenvalue weighted by Gasteiger charge is -2.18. The van der Waals surface area contributed by atoms with Crippen LogP contribution in [-0.4, -0.2) is 25.8 Å². The molecule has 1 aromatic rings. The first kappa shape index (κ1) is 20.5. The second-order valence-electron chi connectivity index (χ2n) is 4.28. The van der Waals surface area contributed by atoms with Gasteiger partial charge in [-0.15, -0.1) is 0 Å². The average molecular weight is 370 g/mol. The summed E-state index contributed by atoms with van der Waals surface area (Å²) >= 11 is 0. The van der Waals surface area contributed by atoms with Crippen LogP contribution in [0.15, 0.2) is 22.6 Å². The van der Waals surface area contributed by atoms with Crippen molar-refractivity contribution in [3.05, 3.63) is 29.7 Å². The summed E-state index contributed by atoms with van der Waals surface area (Å²) in [6.07, 6.45) is -3.97. The minimum absolute atomic E-state index is 0.0299. The van der Waals surface area contributed by atoms with Crippen molar-refractivity contribution in [2.75, 3.05) is 19.8 Å². The highest BCUT2D eigenvalue weighted by atomic mass is 31.2. The fourth-order valence-electron chi connectivity index (χ4n) is 1.72. The molecule has 0 N–H and O–H groups in total. The van der Waals surface area contributed by atoms with E-state index in [2.05, 4.69) is 0 Å². The van der Waals surface area contributed by atoms with E-state index in [9.17, 15) is 22.5 Å². The predicted molar refractivity (Wildman–Crippen MR) is 79.2 cm³/mol. The Kier molecular flexibility index (Phi) is 7.26. The molecule has 0 radical (unpaired) electrons. The van der Waals surface area contributed by atoms with Crippen molar-refractivity contribution in [3.63, 3.8) is 0 Å². The average Bonchev–Trinajstić information content (AvgIpc) is 2.95. The highest BCUT2D eigenvalue weighted by molar-refractivity contribution is 7.65. The Labute approximate surface area is 137 Å². The number of rotatable bonds is 8. The van der Waals surface area contributed by atoms with Gasteiger partial charge in [-0.3, -0.25) is 4.57 Å². The molecule has 1 rings (SSSR count). The standard InChI is InChI=1S/C14H18F3O6P/c1-4-20-13(18)9-11(24(19,21-5-2)22-6-3)10-7-8-12(23-10)14(15,16)17/h7-9H,4-6H2,1-3H3/b11-9+. The van der Waals surface area contributed by atoms with E-state index in [1.54, 1.807) is 6.92 Å². The van der Waals surface area contributed by atoms with Gasteiger partial charge in [0.05, 0.1) is 19.8 Å². The summed E-state index contributed by atoms with van der Waals surface area (Å²) in [6.45, 7) is 4.52. The van der Waals surface area contributed by atoms with Crippen LogP contribution in [0.25, 0.3) is 5.31 Å². The molecule has 136 valence electrons. The summed E-state index contributed by atoms with van der Waals surface area (Å²) in [5.74, 6) is -2.65. The fraction of sp³-hybridized carbons (Fsp3) is 0.500. The number of ether oxygens (including phenoxy) is 1. The van der Waals surface area contributed by atoms with E-state index < -0.39 is 36.6 Å². The maximum atomic E-state index is 12.9. The second kappa shape index (κ2) is 8.50. The molecule has 0 bridgehead atoms. The third-order valence-electron chi connectivity index (χ3n) is 2.57. The van der Waals surface area contributed by atoms with E-state index in [1.807, 2.05) is 0 Å². The van der Waals surface area contributed by atoms with Crippen LogP contribution in [-0.2, 0) is 29.3 Å². The summed E-state index contributed by atoms with van der Waals surface area (Å²) in [7, 11) is -4.07. The van der Waals surface area contributed by atoms with E-state index in [0.29, 0.717) is 6.07 Å². The maximum absolute atomic E-state index is 12.9. The van der Waals surface area contributed by atoms with E-state index in [4.69, 9.17) is 18.2 Å². The number of carbonyl (C=O) groups is 1. The highest BCUT2D eigenvalue weighted by Gasteiger charge is 2.38. The first-order chi connectivity index (χ1) is 11.2. The number of carbonyl (C=O) groups excluding carboxylic acids is 1. The molecular weight excluding hydrogens is 352 g/mol. The minimum Gasteiger partial charge on any atom is -0.463 e. The van der Waals surface area contributed by atoms with Gasteiger partial charge in [-0.25, -0.2) is 4.79 Å². The van der Waals surface area contributed by atoms with Crippen LogP contribution < -0.4 is 0 Å². The van der Waals surface area contributed by atoms with Gasteiger partial charge in [0.2, 0.25) is 5.76 Å². The van der Waals surface area contributed by atoms with Gasteiger partial charge in [0.25, 0.3) is 0 Å². The maximum Gasteiger partial charge on any atom is 0.449 e. The van der Waals surface area contributed by atoms with Gasteiger partial charge >= 0.3 is 19.7 Å². The van der Waals surface area contributed by atoms with Crippen LogP contribution >= 0.6 is 7.60 Å². The zero-order valence-electron chi connectivity index (χ0n) is 13.4. The Morgan fingerprint density at radius 1 is 1.17 bits per heavy atom. The van der Waals surface area contributed by atoms with Crippen molar-refractivity contribution in [3.8, 4) is 0 Å². The monoisotopic (exact) mass is 370 g/mol. The smallest absolute Gasteiger partial charge is 0.449 e. The first-order valence-electron chi connectivity index (χ1n) is 7.13. The molecule has 1 aromatic heterocycles. The zero-order chi connectivity index (χ0) is 18.4. The molecule has 10 heteroatoms. The summed E-state index contributed by atoms with van der Waals surface area (Å²) in [5, 5.41) is -0.430. The molecule has 0 aliphatic heterocycles. The lowest BCUT2D eigenvalue weighted by atomic mass is 10.4. The van der Waals surface area contributed by atoms with Crippen molar-refractivity contribution in [1.82, 2.24) is 0 Å². The molecule has 24 heavy (non-hydrogen) atoms. The second-order valence-corrected chi connectivity index (χ2v) is 6.27. The van der Waals surface area contributed by atoms with Crippen LogP contribution in [0, 0.1) is 0 Å². The van der Waals surface area contributed by atoms with Crippen molar-refractivity contribution in [2.24, 2.45) is 0 Å². The van der Waals surface area contributed by atoms with Gasteiger partial charge in [0.15, 0.2) is 0 Å². The Balaban J connectivity index is 3.40. The van der Waals surface area contributed by atoms with E-state index in [1.165, 1.54) is 13.8 Å². The van der Waals surface area contributed by atoms with Crippen LogP contribution in [0.1, 0.15) is 32.3 Å². The Hall–Kier alpha value is -1.57. The molecule has 0 saturated heterocycles. The first-order valence-corrected chi connectivity index (χ1v) is 8.67. The van der Waals surface area contributed by atoms with Crippen LogP contribution in [0.2, 0.25) is 0 Å². The summed E-state index contributed by atoms with van der Waals surface area (Å²) < 4.78 is 70.5. The molecule has 6 nitrogen and oxygen atoms in total. The number of furan rings is 1. The molecule has 0 aliphatic carbocycles.